The van der Waals surface area contributed by atoms with Gasteiger partial charge in [-0.2, -0.15) is 11.8 Å². The van der Waals surface area contributed by atoms with E-state index in [1.165, 1.54) is 7.11 Å². The molecule has 0 spiro atoms. The Morgan fingerprint density at radius 3 is 2.79 bits per heavy atom. The van der Waals surface area contributed by atoms with Gasteiger partial charge in [0.25, 0.3) is 0 Å². The second-order valence-corrected chi connectivity index (χ2v) is 3.98. The molecule has 0 radical (unpaired) electrons. The van der Waals surface area contributed by atoms with E-state index in [4.69, 9.17) is 5.11 Å². The normalized spacial score (nSPS) is 12.5. The van der Waals surface area contributed by atoms with Crippen LogP contribution < -0.4 is 5.32 Å². The SMILES string of the molecule is CCNC(CCSCCO)C(=O)OC. The van der Waals surface area contributed by atoms with E-state index in [-0.39, 0.29) is 18.6 Å². The van der Waals surface area contributed by atoms with E-state index in [1.54, 1.807) is 11.8 Å². The molecule has 0 rings (SSSR count). The number of carbonyl (C=O) groups is 1. The van der Waals surface area contributed by atoms with Crippen molar-refractivity contribution in [1.82, 2.24) is 5.32 Å². The van der Waals surface area contributed by atoms with Crippen LogP contribution in [0.2, 0.25) is 0 Å². The number of rotatable bonds is 8. The first kappa shape index (κ1) is 13.7. The molecule has 0 aliphatic rings. The van der Waals surface area contributed by atoms with Gasteiger partial charge in [-0.15, -0.1) is 0 Å². The van der Waals surface area contributed by atoms with E-state index in [1.807, 2.05) is 6.92 Å². The van der Waals surface area contributed by atoms with Crippen molar-refractivity contribution in [2.75, 3.05) is 31.8 Å². The van der Waals surface area contributed by atoms with E-state index >= 15 is 0 Å². The van der Waals surface area contributed by atoms with Crippen LogP contribution in [0.25, 0.3) is 0 Å². The Hall–Kier alpha value is -0.260. The lowest BCUT2D eigenvalue weighted by molar-refractivity contribution is -0.143. The summed E-state index contributed by atoms with van der Waals surface area (Å²) in [7, 11) is 1.40. The molecule has 0 heterocycles. The Morgan fingerprint density at radius 1 is 1.57 bits per heavy atom. The van der Waals surface area contributed by atoms with Crippen molar-refractivity contribution in [1.29, 1.82) is 0 Å². The highest BCUT2D eigenvalue weighted by atomic mass is 32.2. The van der Waals surface area contributed by atoms with Crippen molar-refractivity contribution in [3.63, 3.8) is 0 Å². The first-order valence-electron chi connectivity index (χ1n) is 4.76. The molecule has 5 heteroatoms. The number of hydrogen-bond donors (Lipinski definition) is 2. The predicted molar refractivity (Wildman–Crippen MR) is 58.5 cm³/mol. The van der Waals surface area contributed by atoms with E-state index in [0.717, 1.165) is 24.5 Å². The summed E-state index contributed by atoms with van der Waals surface area (Å²) in [5.41, 5.74) is 0. The predicted octanol–water partition coefficient (Wildman–Crippen LogP) is 0.253. The third-order valence-corrected chi connectivity index (χ3v) is 2.72. The van der Waals surface area contributed by atoms with Crippen LogP contribution in [0.5, 0.6) is 0 Å². The van der Waals surface area contributed by atoms with Gasteiger partial charge in [0.1, 0.15) is 6.04 Å². The van der Waals surface area contributed by atoms with Crippen LogP contribution in [0.15, 0.2) is 0 Å². The molecule has 1 unspecified atom stereocenters. The molecular weight excluding hydrogens is 202 g/mol. The summed E-state index contributed by atoms with van der Waals surface area (Å²) in [4.78, 5) is 11.2. The van der Waals surface area contributed by atoms with Gasteiger partial charge in [-0.25, -0.2) is 0 Å². The van der Waals surface area contributed by atoms with Crippen molar-refractivity contribution >= 4 is 17.7 Å². The van der Waals surface area contributed by atoms with Gasteiger partial charge in [-0.3, -0.25) is 4.79 Å². The van der Waals surface area contributed by atoms with E-state index in [9.17, 15) is 4.79 Å². The van der Waals surface area contributed by atoms with Gasteiger partial charge < -0.3 is 15.2 Å². The lowest BCUT2D eigenvalue weighted by atomic mass is 10.2. The number of thioether (sulfide) groups is 1. The Morgan fingerprint density at radius 2 is 2.29 bits per heavy atom. The Kier molecular flexibility index (Phi) is 9.13. The molecule has 0 aromatic heterocycles. The number of esters is 1. The minimum absolute atomic E-state index is 0.189. The van der Waals surface area contributed by atoms with Crippen molar-refractivity contribution < 1.29 is 14.6 Å². The fourth-order valence-electron chi connectivity index (χ4n) is 1.06. The highest BCUT2D eigenvalue weighted by Gasteiger charge is 2.16. The quantitative estimate of drug-likeness (QED) is 0.454. The van der Waals surface area contributed by atoms with Gasteiger partial charge in [0, 0.05) is 5.75 Å². The number of ether oxygens (including phenoxy) is 1. The standard InChI is InChI=1S/C9H19NO3S/c1-3-10-8(9(12)13-2)4-6-14-7-5-11/h8,10-11H,3-7H2,1-2H3. The zero-order valence-corrected chi connectivity index (χ0v) is 9.60. The molecule has 0 aromatic carbocycles. The number of carbonyl (C=O) groups excluding carboxylic acids is 1. The molecule has 0 fully saturated rings. The van der Waals surface area contributed by atoms with Crippen LogP contribution in [0.4, 0.5) is 0 Å². The lowest BCUT2D eigenvalue weighted by Gasteiger charge is -2.14. The molecule has 0 bridgehead atoms. The molecule has 2 N–H and O–H groups in total. The minimum atomic E-state index is -0.212. The van der Waals surface area contributed by atoms with E-state index in [0.29, 0.717) is 0 Å². The Balaban J connectivity index is 3.67. The molecule has 0 saturated carbocycles. The molecular formula is C9H19NO3S. The molecule has 0 aromatic rings. The highest BCUT2D eigenvalue weighted by Crippen LogP contribution is 2.05. The Bertz CT molecular complexity index is 155. The monoisotopic (exact) mass is 221 g/mol. The number of aliphatic hydroxyl groups excluding tert-OH is 1. The minimum Gasteiger partial charge on any atom is -0.468 e. The third-order valence-electron chi connectivity index (χ3n) is 1.72. The molecule has 0 aliphatic carbocycles. The number of methoxy groups -OCH3 is 1. The van der Waals surface area contributed by atoms with Gasteiger partial charge in [0.15, 0.2) is 0 Å². The lowest BCUT2D eigenvalue weighted by Crippen LogP contribution is -2.37. The van der Waals surface area contributed by atoms with Crippen LogP contribution in [-0.4, -0.2) is 48.9 Å². The third kappa shape index (κ3) is 6.23. The molecule has 0 aliphatic heterocycles. The molecule has 14 heavy (non-hydrogen) atoms. The molecule has 0 amide bonds. The molecule has 0 saturated heterocycles. The summed E-state index contributed by atoms with van der Waals surface area (Å²) in [6.45, 7) is 2.90. The van der Waals surface area contributed by atoms with Crippen LogP contribution in [0.1, 0.15) is 13.3 Å². The van der Waals surface area contributed by atoms with Crippen LogP contribution in [0.3, 0.4) is 0 Å². The maximum absolute atomic E-state index is 11.2. The molecule has 1 atom stereocenters. The van der Waals surface area contributed by atoms with Crippen molar-refractivity contribution in [2.24, 2.45) is 0 Å². The maximum Gasteiger partial charge on any atom is 0.322 e. The van der Waals surface area contributed by atoms with E-state index < -0.39 is 0 Å². The summed E-state index contributed by atoms with van der Waals surface area (Å²) >= 11 is 1.64. The van der Waals surface area contributed by atoms with Gasteiger partial charge in [0.05, 0.1) is 13.7 Å². The second-order valence-electron chi connectivity index (χ2n) is 2.76. The largest absolute Gasteiger partial charge is 0.468 e. The average molecular weight is 221 g/mol. The number of hydrogen-bond acceptors (Lipinski definition) is 5. The summed E-state index contributed by atoms with van der Waals surface area (Å²) in [6.07, 6.45) is 0.741. The number of aliphatic hydroxyl groups is 1. The zero-order chi connectivity index (χ0) is 10.8. The fourth-order valence-corrected chi connectivity index (χ4v) is 1.80. The van der Waals surface area contributed by atoms with Gasteiger partial charge in [-0.1, -0.05) is 6.92 Å². The average Bonchev–Trinajstić information content (AvgIpc) is 2.21. The van der Waals surface area contributed by atoms with E-state index in [2.05, 4.69) is 10.1 Å². The summed E-state index contributed by atoms with van der Waals surface area (Å²) in [5.74, 6) is 1.37. The number of nitrogens with one attached hydrogen (secondary N) is 1. The van der Waals surface area contributed by atoms with Crippen LogP contribution in [-0.2, 0) is 9.53 Å². The van der Waals surface area contributed by atoms with Crippen molar-refractivity contribution in [3.05, 3.63) is 0 Å². The second kappa shape index (κ2) is 9.30. The van der Waals surface area contributed by atoms with Crippen molar-refractivity contribution in [2.45, 2.75) is 19.4 Å². The molecule has 84 valence electrons. The topological polar surface area (TPSA) is 58.6 Å². The van der Waals surface area contributed by atoms with Crippen LogP contribution >= 0.6 is 11.8 Å². The first-order valence-corrected chi connectivity index (χ1v) is 5.91. The smallest absolute Gasteiger partial charge is 0.322 e. The maximum atomic E-state index is 11.2. The Labute approximate surface area is 89.4 Å². The van der Waals surface area contributed by atoms with Crippen LogP contribution in [0, 0.1) is 0 Å². The summed E-state index contributed by atoms with van der Waals surface area (Å²) in [6, 6.07) is -0.212. The molecule has 4 nitrogen and oxygen atoms in total. The summed E-state index contributed by atoms with van der Waals surface area (Å²) in [5, 5.41) is 11.6. The van der Waals surface area contributed by atoms with Gasteiger partial charge >= 0.3 is 5.97 Å². The zero-order valence-electron chi connectivity index (χ0n) is 8.78. The van der Waals surface area contributed by atoms with Gasteiger partial charge in [0.2, 0.25) is 0 Å². The fraction of sp³-hybridized carbons (Fsp3) is 0.889. The number of likely N-dealkylation sites (N-methyl/N-ethyl adjacent to an activating group) is 1. The highest BCUT2D eigenvalue weighted by molar-refractivity contribution is 7.99. The van der Waals surface area contributed by atoms with Crippen molar-refractivity contribution in [3.8, 4) is 0 Å². The first-order chi connectivity index (χ1) is 6.76. The van der Waals surface area contributed by atoms with Gasteiger partial charge in [-0.05, 0) is 18.7 Å². The summed E-state index contributed by atoms with van der Waals surface area (Å²) < 4.78 is 4.66.